The van der Waals surface area contributed by atoms with Crippen LogP contribution in [0.25, 0.3) is 0 Å². The van der Waals surface area contributed by atoms with Gasteiger partial charge in [0.15, 0.2) is 0 Å². The second-order valence-corrected chi connectivity index (χ2v) is 14.4. The first-order chi connectivity index (χ1) is 21.7. The van der Waals surface area contributed by atoms with Gasteiger partial charge in [0.05, 0.1) is 23.4 Å². The lowest BCUT2D eigenvalue weighted by atomic mass is 10.0. The van der Waals surface area contributed by atoms with Crippen LogP contribution in [-0.2, 0) is 40.9 Å². The Morgan fingerprint density at radius 1 is 1.09 bits per heavy atom. The number of hydrogen-bond donors (Lipinski definition) is 7. The zero-order valence-electron chi connectivity index (χ0n) is 24.9. The highest BCUT2D eigenvalue weighted by Gasteiger charge is 2.38. The molecular weight excluding hydrogens is 664 g/mol. The fraction of sp³-hybridized carbons (Fsp3) is 0.464. The number of nitrogens with two attached hydrogens (primary N) is 2. The van der Waals surface area contributed by atoms with Crippen molar-refractivity contribution in [1.82, 2.24) is 14.9 Å². The van der Waals surface area contributed by atoms with E-state index in [9.17, 15) is 41.4 Å². The van der Waals surface area contributed by atoms with Crippen molar-refractivity contribution in [2.45, 2.75) is 72.9 Å². The van der Waals surface area contributed by atoms with Gasteiger partial charge in [0, 0.05) is 6.54 Å². The molecule has 4 rings (SSSR count). The lowest BCUT2D eigenvalue weighted by molar-refractivity contribution is -0.149. The smallest absolute Gasteiger partial charge is 0.326 e. The molecular formula is C28H39ClN6O9S2. The van der Waals surface area contributed by atoms with Crippen LogP contribution < -0.4 is 26.2 Å². The Bertz CT molecular complexity index is 1610. The molecule has 0 unspecified atom stereocenters. The molecule has 254 valence electrons. The Morgan fingerprint density at radius 3 is 2.39 bits per heavy atom. The molecule has 15 nitrogen and oxygen atoms in total. The normalized spacial score (nSPS) is 18.3. The third-order valence-electron chi connectivity index (χ3n) is 7.50. The minimum Gasteiger partial charge on any atom is -0.480 e. The number of rotatable bonds is 13. The van der Waals surface area contributed by atoms with Gasteiger partial charge >= 0.3 is 11.9 Å². The van der Waals surface area contributed by atoms with Crippen LogP contribution in [0.5, 0.6) is 0 Å². The van der Waals surface area contributed by atoms with Crippen LogP contribution in [0.1, 0.15) is 44.1 Å². The number of carbonyl (C=O) groups is 3. The number of anilines is 1. The van der Waals surface area contributed by atoms with E-state index in [0.717, 1.165) is 18.1 Å². The molecule has 9 N–H and O–H groups in total. The summed E-state index contributed by atoms with van der Waals surface area (Å²) >= 11 is 5.72. The highest BCUT2D eigenvalue weighted by molar-refractivity contribution is 7.90. The van der Waals surface area contributed by atoms with E-state index in [-0.39, 0.29) is 28.2 Å². The molecule has 2 heterocycles. The lowest BCUT2D eigenvalue weighted by Gasteiger charge is -2.29. The van der Waals surface area contributed by atoms with Crippen LogP contribution in [0.15, 0.2) is 52.3 Å². The zero-order chi connectivity index (χ0) is 34.1. The molecule has 18 heteroatoms. The second kappa shape index (κ2) is 16.5. The molecule has 0 bridgehead atoms. The van der Waals surface area contributed by atoms with Crippen molar-refractivity contribution in [3.8, 4) is 0 Å². The number of carboxylic acids is 2. The van der Waals surface area contributed by atoms with Crippen LogP contribution in [0, 0.1) is 0 Å². The van der Waals surface area contributed by atoms with Crippen molar-refractivity contribution in [2.75, 3.05) is 25.1 Å². The molecule has 0 saturated carbocycles. The average Bonchev–Trinajstić information content (AvgIpc) is 3.48. The number of likely N-dealkylation sites (tertiary alicyclic amines) is 1. The van der Waals surface area contributed by atoms with Crippen molar-refractivity contribution in [2.24, 2.45) is 10.9 Å². The highest BCUT2D eigenvalue weighted by Crippen LogP contribution is 2.32. The van der Waals surface area contributed by atoms with E-state index in [4.69, 9.17) is 22.5 Å². The number of aryl methyl sites for hydroxylation is 1. The predicted octanol–water partition coefficient (Wildman–Crippen LogP) is 0.884. The van der Waals surface area contributed by atoms with Gasteiger partial charge in [-0.2, -0.15) is 4.72 Å². The number of sulfonamides is 2. The van der Waals surface area contributed by atoms with Crippen molar-refractivity contribution in [3.05, 3.63) is 53.1 Å². The standard InChI is InChI=1S/C21H31N3O5.C7H8ClN3O4S2/c22-13-5-4-9-16(19(25)24-14-6-10-18(24)21(28)29)23-17(20(26)27)12-11-15-7-2-1-3-8-15;8-4-1-5-7(2-6(4)16(9,12)13)17(14,15)11-3-10-5/h1-3,7-8,16-18,23H,4-6,9-14,22H2,(H,26,27)(H,28,29);1-2,10-11H,3H2,(H2,9,12,13)/t16-,17-,18-;/m0./s1. The first-order valence-corrected chi connectivity index (χ1v) is 17.9. The monoisotopic (exact) mass is 702 g/mol. The largest absolute Gasteiger partial charge is 0.480 e. The maximum absolute atomic E-state index is 13.1. The summed E-state index contributed by atoms with van der Waals surface area (Å²) < 4.78 is 47.9. The fourth-order valence-electron chi connectivity index (χ4n) is 5.15. The quantitative estimate of drug-likeness (QED) is 0.144. The highest BCUT2D eigenvalue weighted by atomic mass is 35.5. The minimum atomic E-state index is -4.07. The van der Waals surface area contributed by atoms with Crippen molar-refractivity contribution in [1.29, 1.82) is 0 Å². The number of unbranched alkanes of at least 4 members (excludes halogenated alkanes) is 1. The van der Waals surface area contributed by atoms with Gasteiger partial charge in [-0.05, 0) is 62.8 Å². The van der Waals surface area contributed by atoms with Crippen LogP contribution in [0.3, 0.4) is 0 Å². The van der Waals surface area contributed by atoms with Gasteiger partial charge in [0.25, 0.3) is 0 Å². The number of hydrogen-bond acceptors (Lipinski definition) is 10. The molecule has 1 fully saturated rings. The van der Waals surface area contributed by atoms with E-state index in [1.54, 1.807) is 0 Å². The summed E-state index contributed by atoms with van der Waals surface area (Å²) in [5, 5.41) is 29.6. The van der Waals surface area contributed by atoms with Crippen molar-refractivity contribution < 1.29 is 41.4 Å². The van der Waals surface area contributed by atoms with Crippen LogP contribution in [0.2, 0.25) is 5.02 Å². The van der Waals surface area contributed by atoms with Gasteiger partial charge < -0.3 is 26.2 Å². The van der Waals surface area contributed by atoms with Gasteiger partial charge in [-0.3, -0.25) is 14.9 Å². The number of carboxylic acid groups (broad SMARTS) is 2. The Kier molecular flexibility index (Phi) is 13.3. The molecule has 3 atom stereocenters. The topological polar surface area (TPSA) is 251 Å². The number of amides is 1. The number of primary sulfonamides is 1. The van der Waals surface area contributed by atoms with Gasteiger partial charge in [-0.15, -0.1) is 0 Å². The molecule has 0 aliphatic carbocycles. The third-order valence-corrected chi connectivity index (χ3v) is 10.3. The SMILES string of the molecule is NCCCC[C@H](N[C@@H](CCc1ccccc1)C(=O)O)C(=O)N1CCC[C@H]1C(=O)O.NS(=O)(=O)c1cc2c(cc1Cl)NCNS2(=O)=O. The van der Waals surface area contributed by atoms with E-state index < -0.39 is 55.0 Å². The summed E-state index contributed by atoms with van der Waals surface area (Å²) in [5.74, 6) is -2.37. The van der Waals surface area contributed by atoms with Gasteiger partial charge in [0.1, 0.15) is 21.9 Å². The number of aliphatic carboxylic acids is 2. The molecule has 2 aromatic carbocycles. The zero-order valence-corrected chi connectivity index (χ0v) is 27.3. The number of fused-ring (bicyclic) bond motifs is 1. The van der Waals surface area contributed by atoms with E-state index >= 15 is 0 Å². The lowest BCUT2D eigenvalue weighted by Crippen LogP contribution is -2.54. The molecule has 1 saturated heterocycles. The van der Waals surface area contributed by atoms with Crippen LogP contribution in [-0.4, -0.2) is 87.7 Å². The van der Waals surface area contributed by atoms with E-state index in [2.05, 4.69) is 15.4 Å². The van der Waals surface area contributed by atoms with Crippen LogP contribution >= 0.6 is 11.6 Å². The summed E-state index contributed by atoms with van der Waals surface area (Å²) in [6, 6.07) is 9.25. The molecule has 0 aromatic heterocycles. The number of nitrogens with zero attached hydrogens (tertiary/aromatic N) is 1. The van der Waals surface area contributed by atoms with E-state index in [1.807, 2.05) is 30.3 Å². The summed E-state index contributed by atoms with van der Waals surface area (Å²) in [7, 11) is -7.80. The molecule has 0 spiro atoms. The number of nitrogens with one attached hydrogen (secondary N) is 3. The number of halogens is 1. The first-order valence-electron chi connectivity index (χ1n) is 14.5. The van der Waals surface area contributed by atoms with Gasteiger partial charge in [-0.1, -0.05) is 48.4 Å². The van der Waals surface area contributed by atoms with Gasteiger partial charge in [-0.25, -0.2) is 26.8 Å². The Labute approximate surface area is 272 Å². The van der Waals surface area contributed by atoms with E-state index in [1.165, 1.54) is 11.0 Å². The minimum absolute atomic E-state index is 0.0143. The van der Waals surface area contributed by atoms with Crippen molar-refractivity contribution >= 4 is 55.2 Å². The Hall–Kier alpha value is -3.32. The molecule has 0 radical (unpaired) electrons. The maximum Gasteiger partial charge on any atom is 0.326 e. The molecule has 2 aliphatic heterocycles. The van der Waals surface area contributed by atoms with Gasteiger partial charge in [0.2, 0.25) is 26.0 Å². The second-order valence-electron chi connectivity index (χ2n) is 10.8. The van der Waals surface area contributed by atoms with E-state index in [0.29, 0.717) is 51.6 Å². The summed E-state index contributed by atoms with van der Waals surface area (Å²) in [4.78, 5) is 37.1. The summed E-state index contributed by atoms with van der Waals surface area (Å²) in [6.07, 6.45) is 3.76. The van der Waals surface area contributed by atoms with Crippen LogP contribution in [0.4, 0.5) is 5.69 Å². The molecule has 1 amide bonds. The summed E-state index contributed by atoms with van der Waals surface area (Å²) in [6.45, 7) is 0.881. The molecule has 2 aliphatic rings. The molecule has 2 aromatic rings. The number of carbonyl (C=O) groups excluding carboxylic acids is 1. The molecule has 46 heavy (non-hydrogen) atoms. The maximum atomic E-state index is 13.1. The first kappa shape index (κ1) is 37.1. The average molecular weight is 703 g/mol. The number of benzene rings is 2. The predicted molar refractivity (Wildman–Crippen MR) is 170 cm³/mol. The summed E-state index contributed by atoms with van der Waals surface area (Å²) in [5.41, 5.74) is 6.81. The third kappa shape index (κ3) is 10.1. The van der Waals surface area contributed by atoms with Crippen molar-refractivity contribution in [3.63, 3.8) is 0 Å². The Balaban J connectivity index is 0.000000286. The Morgan fingerprint density at radius 2 is 1.78 bits per heavy atom. The fourth-order valence-corrected chi connectivity index (χ4v) is 7.44.